The molecule has 198 valence electrons. The number of amides is 2. The zero-order valence-corrected chi connectivity index (χ0v) is 21.7. The van der Waals surface area contributed by atoms with Crippen molar-refractivity contribution in [2.24, 2.45) is 0 Å². The Morgan fingerprint density at radius 3 is 2.05 bits per heavy atom. The summed E-state index contributed by atoms with van der Waals surface area (Å²) >= 11 is 0. The summed E-state index contributed by atoms with van der Waals surface area (Å²) in [7, 11) is 1.32. The zero-order valence-electron chi connectivity index (χ0n) is 21.7. The van der Waals surface area contributed by atoms with E-state index in [2.05, 4.69) is 15.2 Å². The van der Waals surface area contributed by atoms with Crippen molar-refractivity contribution in [1.29, 1.82) is 0 Å². The fourth-order valence-corrected chi connectivity index (χ4v) is 4.57. The van der Waals surface area contributed by atoms with E-state index in [-0.39, 0.29) is 11.6 Å². The number of carbonyl (C=O) groups excluding carboxylic acids is 2. The van der Waals surface area contributed by atoms with Crippen molar-refractivity contribution in [3.8, 4) is 5.75 Å². The van der Waals surface area contributed by atoms with Gasteiger partial charge < -0.3 is 24.6 Å². The molecule has 0 aliphatic carbocycles. The number of aromatic nitrogens is 1. The number of piperazine rings is 1. The Balaban J connectivity index is 1.32. The van der Waals surface area contributed by atoms with E-state index in [4.69, 9.17) is 9.47 Å². The predicted octanol–water partition coefficient (Wildman–Crippen LogP) is 5.39. The third-order valence-corrected chi connectivity index (χ3v) is 6.63. The van der Waals surface area contributed by atoms with Crippen LogP contribution in [0.15, 0.2) is 103 Å². The first-order valence-corrected chi connectivity index (χ1v) is 12.8. The molecule has 0 radical (unpaired) electrons. The van der Waals surface area contributed by atoms with Crippen LogP contribution in [0.4, 0.5) is 16.3 Å². The number of nitrogens with one attached hydrogen (secondary N) is 1. The number of benzene rings is 3. The van der Waals surface area contributed by atoms with Gasteiger partial charge in [0.2, 0.25) is 0 Å². The summed E-state index contributed by atoms with van der Waals surface area (Å²) in [5.41, 5.74) is 2.60. The quantitative estimate of drug-likeness (QED) is 0.328. The molecule has 4 aromatic rings. The first kappa shape index (κ1) is 25.8. The molecular weight excluding hydrogens is 492 g/mol. The lowest BCUT2D eigenvalue weighted by atomic mass is 10.0. The van der Waals surface area contributed by atoms with E-state index in [0.29, 0.717) is 37.6 Å². The average Bonchev–Trinajstić information content (AvgIpc) is 3.01. The second-order valence-corrected chi connectivity index (χ2v) is 9.11. The molecule has 2 heterocycles. The molecule has 1 aromatic heterocycles. The van der Waals surface area contributed by atoms with Gasteiger partial charge in [-0.15, -0.1) is 0 Å². The number of hydrogen-bond donors (Lipinski definition) is 1. The molecule has 0 unspecified atom stereocenters. The first-order valence-electron chi connectivity index (χ1n) is 12.8. The van der Waals surface area contributed by atoms with Gasteiger partial charge in [0.05, 0.1) is 7.11 Å². The van der Waals surface area contributed by atoms with Gasteiger partial charge in [-0.25, -0.2) is 14.6 Å². The van der Waals surface area contributed by atoms with E-state index in [1.165, 1.54) is 7.11 Å². The largest absolute Gasteiger partial charge is 0.480 e. The highest BCUT2D eigenvalue weighted by atomic mass is 16.5. The van der Waals surface area contributed by atoms with Crippen LogP contribution in [0.5, 0.6) is 5.75 Å². The van der Waals surface area contributed by atoms with Gasteiger partial charge in [-0.3, -0.25) is 0 Å². The normalized spacial score (nSPS) is 13.2. The summed E-state index contributed by atoms with van der Waals surface area (Å²) < 4.78 is 11.5. The van der Waals surface area contributed by atoms with Crippen LogP contribution in [0.1, 0.15) is 27.6 Å². The summed E-state index contributed by atoms with van der Waals surface area (Å²) in [5.74, 6) is 0.714. The molecule has 2 amide bonds. The van der Waals surface area contributed by atoms with Gasteiger partial charge in [0, 0.05) is 38.1 Å². The number of urea groups is 1. The number of anilines is 2. The Hall–Kier alpha value is -4.85. The fourth-order valence-electron chi connectivity index (χ4n) is 4.57. The van der Waals surface area contributed by atoms with Crippen molar-refractivity contribution < 1.29 is 19.1 Å². The van der Waals surface area contributed by atoms with Gasteiger partial charge in [0.25, 0.3) is 0 Å². The number of ether oxygens (including phenoxy) is 2. The van der Waals surface area contributed by atoms with Crippen LogP contribution in [0.2, 0.25) is 0 Å². The Labute approximate surface area is 227 Å². The van der Waals surface area contributed by atoms with E-state index in [0.717, 1.165) is 16.9 Å². The first-order chi connectivity index (χ1) is 19.1. The maximum Gasteiger partial charge on any atom is 0.341 e. The van der Waals surface area contributed by atoms with Crippen molar-refractivity contribution in [1.82, 2.24) is 9.88 Å². The summed E-state index contributed by atoms with van der Waals surface area (Å²) in [6.45, 7) is 2.49. The molecule has 0 saturated carbocycles. The molecule has 5 rings (SSSR count). The van der Waals surface area contributed by atoms with Crippen molar-refractivity contribution in [2.45, 2.75) is 6.10 Å². The van der Waals surface area contributed by atoms with Crippen molar-refractivity contribution in [3.05, 3.63) is 120 Å². The van der Waals surface area contributed by atoms with Gasteiger partial charge in [-0.2, -0.15) is 0 Å². The maximum atomic E-state index is 13.0. The van der Waals surface area contributed by atoms with Gasteiger partial charge in [0.15, 0.2) is 0 Å². The number of carbonyl (C=O) groups is 2. The molecule has 1 aliphatic heterocycles. The third kappa shape index (κ3) is 6.18. The SMILES string of the molecule is COC(=O)c1cc(NC(=O)N2CCN(c3ccccn3)CC2)ccc1OC(c1ccccc1)c1ccccc1. The molecule has 0 bridgehead atoms. The summed E-state index contributed by atoms with van der Waals surface area (Å²) in [6.07, 6.45) is 1.33. The Kier molecular flexibility index (Phi) is 8.02. The minimum absolute atomic E-state index is 0.229. The lowest BCUT2D eigenvalue weighted by Gasteiger charge is -2.35. The van der Waals surface area contributed by atoms with E-state index in [9.17, 15) is 9.59 Å². The van der Waals surface area contributed by atoms with Crippen LogP contribution in [-0.4, -0.2) is 55.2 Å². The minimum atomic E-state index is -0.551. The molecule has 1 fully saturated rings. The number of pyridine rings is 1. The predicted molar refractivity (Wildman–Crippen MR) is 150 cm³/mol. The molecule has 0 spiro atoms. The number of rotatable bonds is 7. The van der Waals surface area contributed by atoms with Crippen LogP contribution >= 0.6 is 0 Å². The number of nitrogens with zero attached hydrogens (tertiary/aromatic N) is 3. The molecule has 1 aliphatic rings. The molecule has 1 N–H and O–H groups in total. The van der Waals surface area contributed by atoms with Crippen LogP contribution in [0.3, 0.4) is 0 Å². The highest BCUT2D eigenvalue weighted by Gasteiger charge is 2.24. The molecule has 3 aromatic carbocycles. The number of methoxy groups -OCH3 is 1. The van der Waals surface area contributed by atoms with Crippen LogP contribution in [-0.2, 0) is 4.74 Å². The van der Waals surface area contributed by atoms with E-state index in [1.807, 2.05) is 78.9 Å². The fraction of sp³-hybridized carbons (Fsp3) is 0.194. The van der Waals surface area contributed by atoms with Gasteiger partial charge in [0.1, 0.15) is 23.2 Å². The monoisotopic (exact) mass is 522 g/mol. The molecule has 0 atom stereocenters. The van der Waals surface area contributed by atoms with E-state index < -0.39 is 12.1 Å². The Bertz CT molecular complexity index is 1350. The number of esters is 1. The van der Waals surface area contributed by atoms with E-state index in [1.54, 1.807) is 29.3 Å². The molecule has 1 saturated heterocycles. The van der Waals surface area contributed by atoms with Crippen molar-refractivity contribution >= 4 is 23.5 Å². The second-order valence-electron chi connectivity index (χ2n) is 9.11. The molecule has 39 heavy (non-hydrogen) atoms. The van der Waals surface area contributed by atoms with Crippen molar-refractivity contribution in [3.63, 3.8) is 0 Å². The zero-order chi connectivity index (χ0) is 27.0. The molecular formula is C31H30N4O4. The molecule has 8 heteroatoms. The second kappa shape index (κ2) is 12.1. The smallest absolute Gasteiger partial charge is 0.341 e. The van der Waals surface area contributed by atoms with Gasteiger partial charge in [-0.05, 0) is 41.5 Å². The maximum absolute atomic E-state index is 13.0. The van der Waals surface area contributed by atoms with E-state index >= 15 is 0 Å². The standard InChI is InChI=1S/C31H30N4O4/c1-38-30(36)26-22-25(33-31(37)35-20-18-34(19-21-35)28-14-8-9-17-32-28)15-16-27(26)39-29(23-10-4-2-5-11-23)24-12-6-3-7-13-24/h2-17,22,29H,18-21H2,1H3,(H,33,37). The Morgan fingerprint density at radius 1 is 0.821 bits per heavy atom. The average molecular weight is 523 g/mol. The lowest BCUT2D eigenvalue weighted by molar-refractivity contribution is 0.0594. The Morgan fingerprint density at radius 2 is 1.46 bits per heavy atom. The third-order valence-electron chi connectivity index (χ3n) is 6.63. The van der Waals surface area contributed by atoms with Crippen LogP contribution < -0.4 is 15.0 Å². The highest BCUT2D eigenvalue weighted by Crippen LogP contribution is 2.32. The van der Waals surface area contributed by atoms with Crippen LogP contribution in [0, 0.1) is 0 Å². The lowest BCUT2D eigenvalue weighted by Crippen LogP contribution is -2.50. The minimum Gasteiger partial charge on any atom is -0.480 e. The topological polar surface area (TPSA) is 84.0 Å². The van der Waals surface area contributed by atoms with Gasteiger partial charge >= 0.3 is 12.0 Å². The highest BCUT2D eigenvalue weighted by molar-refractivity contribution is 5.96. The summed E-state index contributed by atoms with van der Waals surface area (Å²) in [6, 6.07) is 30.2. The summed E-state index contributed by atoms with van der Waals surface area (Å²) in [5, 5.41) is 2.92. The van der Waals surface area contributed by atoms with Crippen molar-refractivity contribution in [2.75, 3.05) is 43.5 Å². The van der Waals surface area contributed by atoms with Gasteiger partial charge in [-0.1, -0.05) is 66.7 Å². The molecule has 8 nitrogen and oxygen atoms in total. The summed E-state index contributed by atoms with van der Waals surface area (Å²) in [4.78, 5) is 34.1. The van der Waals surface area contributed by atoms with Crippen LogP contribution in [0.25, 0.3) is 0 Å². The number of hydrogen-bond acceptors (Lipinski definition) is 6.